The van der Waals surface area contributed by atoms with Crippen LogP contribution >= 0.6 is 46.4 Å². The summed E-state index contributed by atoms with van der Waals surface area (Å²) in [6.07, 6.45) is 0. The van der Waals surface area contributed by atoms with Crippen molar-refractivity contribution < 1.29 is 8.42 Å². The summed E-state index contributed by atoms with van der Waals surface area (Å²) in [5.74, 6) is 0. The Hall–Kier alpha value is -0.720. The van der Waals surface area contributed by atoms with Gasteiger partial charge in [-0.25, -0.2) is 13.4 Å². The minimum atomic E-state index is -3.87. The highest BCUT2D eigenvalue weighted by atomic mass is 35.5. The van der Waals surface area contributed by atoms with E-state index >= 15 is 0 Å². The molecule has 4 nitrogen and oxygen atoms in total. The first kappa shape index (κ1) is 16.6. The summed E-state index contributed by atoms with van der Waals surface area (Å²) in [6, 6.07) is 5.48. The van der Waals surface area contributed by atoms with E-state index in [-0.39, 0.29) is 30.9 Å². The Morgan fingerprint density at radius 1 is 1.05 bits per heavy atom. The van der Waals surface area contributed by atoms with E-state index in [0.717, 1.165) is 0 Å². The molecule has 0 spiro atoms. The molecule has 0 fully saturated rings. The Kier molecular flexibility index (Phi) is 4.90. The molecule has 0 aliphatic heterocycles. The molecule has 1 N–H and O–H groups in total. The maximum Gasteiger partial charge on any atom is 0.262 e. The summed E-state index contributed by atoms with van der Waals surface area (Å²) < 4.78 is 27.0. The molecule has 2 aromatic rings. The first-order valence-electron chi connectivity index (χ1n) is 5.51. The van der Waals surface area contributed by atoms with Crippen molar-refractivity contribution >= 4 is 62.1 Å². The topological polar surface area (TPSA) is 59.1 Å². The highest BCUT2D eigenvalue weighted by Crippen LogP contribution is 2.30. The number of sulfonamides is 1. The van der Waals surface area contributed by atoms with Gasteiger partial charge < -0.3 is 0 Å². The van der Waals surface area contributed by atoms with Crippen LogP contribution in [-0.2, 0) is 10.0 Å². The van der Waals surface area contributed by atoms with Gasteiger partial charge in [-0.05, 0) is 36.8 Å². The van der Waals surface area contributed by atoms with Crippen LogP contribution in [0.1, 0.15) is 5.56 Å². The number of hydrogen-bond donors (Lipinski definition) is 1. The van der Waals surface area contributed by atoms with E-state index in [1.807, 2.05) is 0 Å². The van der Waals surface area contributed by atoms with Crippen molar-refractivity contribution in [1.29, 1.82) is 0 Å². The van der Waals surface area contributed by atoms with Gasteiger partial charge in [0.05, 0.1) is 20.6 Å². The molecule has 21 heavy (non-hydrogen) atoms. The molecule has 112 valence electrons. The number of rotatable bonds is 3. The second kappa shape index (κ2) is 6.18. The predicted octanol–water partition coefficient (Wildman–Crippen LogP) is 4.80. The summed E-state index contributed by atoms with van der Waals surface area (Å²) in [7, 11) is -3.87. The fourth-order valence-electron chi connectivity index (χ4n) is 1.56. The largest absolute Gasteiger partial charge is 0.276 e. The molecular weight excluding hydrogens is 378 g/mol. The molecule has 0 aliphatic rings. The van der Waals surface area contributed by atoms with Crippen molar-refractivity contribution in [2.24, 2.45) is 0 Å². The normalized spacial score (nSPS) is 11.5. The van der Waals surface area contributed by atoms with Crippen LogP contribution in [0.3, 0.4) is 0 Å². The standard InChI is InChI=1S/C12H8Cl4N2O2S/c1-6-4-10(15)17-12(16)11(6)18-21(19,20)7-2-3-8(13)9(14)5-7/h2-5,18H,1H3. The summed E-state index contributed by atoms with van der Waals surface area (Å²) >= 11 is 23.3. The molecule has 1 heterocycles. The molecular formula is C12H8Cl4N2O2S. The fourth-order valence-corrected chi connectivity index (χ4v) is 3.72. The van der Waals surface area contributed by atoms with Crippen LogP contribution < -0.4 is 4.72 Å². The Balaban J connectivity index is 2.44. The number of aryl methyl sites for hydroxylation is 1. The molecule has 1 aromatic carbocycles. The molecule has 0 saturated heterocycles. The van der Waals surface area contributed by atoms with Crippen molar-refractivity contribution in [3.05, 3.63) is 50.2 Å². The quantitative estimate of drug-likeness (QED) is 0.771. The van der Waals surface area contributed by atoms with Gasteiger partial charge in [0.2, 0.25) is 0 Å². The Labute approximate surface area is 142 Å². The van der Waals surface area contributed by atoms with Gasteiger partial charge in [-0.15, -0.1) is 0 Å². The Morgan fingerprint density at radius 2 is 1.71 bits per heavy atom. The second-order valence-electron chi connectivity index (χ2n) is 4.11. The molecule has 2 rings (SSSR count). The predicted molar refractivity (Wildman–Crippen MR) is 86.3 cm³/mol. The van der Waals surface area contributed by atoms with Crippen LogP contribution in [0.15, 0.2) is 29.2 Å². The van der Waals surface area contributed by atoms with E-state index in [2.05, 4.69) is 9.71 Å². The van der Waals surface area contributed by atoms with Crippen LogP contribution in [0.4, 0.5) is 5.69 Å². The first-order chi connectivity index (χ1) is 9.70. The number of anilines is 1. The average molecular weight is 386 g/mol. The number of nitrogens with one attached hydrogen (secondary N) is 1. The van der Waals surface area contributed by atoms with Crippen LogP contribution in [0.5, 0.6) is 0 Å². The van der Waals surface area contributed by atoms with Crippen molar-refractivity contribution in [2.75, 3.05) is 4.72 Å². The van der Waals surface area contributed by atoms with E-state index in [1.54, 1.807) is 6.92 Å². The molecule has 9 heteroatoms. The fraction of sp³-hybridized carbons (Fsp3) is 0.0833. The molecule has 0 amide bonds. The van der Waals surface area contributed by atoms with Gasteiger partial charge in [-0.1, -0.05) is 46.4 Å². The van der Waals surface area contributed by atoms with Crippen molar-refractivity contribution in [2.45, 2.75) is 11.8 Å². The van der Waals surface area contributed by atoms with Crippen LogP contribution in [0.25, 0.3) is 0 Å². The number of pyridine rings is 1. The monoisotopic (exact) mass is 384 g/mol. The van der Waals surface area contributed by atoms with E-state index in [1.165, 1.54) is 24.3 Å². The third kappa shape index (κ3) is 3.73. The van der Waals surface area contributed by atoms with Gasteiger partial charge in [0.15, 0.2) is 5.15 Å². The van der Waals surface area contributed by atoms with E-state index in [9.17, 15) is 8.42 Å². The van der Waals surface area contributed by atoms with Crippen molar-refractivity contribution in [3.63, 3.8) is 0 Å². The Morgan fingerprint density at radius 3 is 2.29 bits per heavy atom. The lowest BCUT2D eigenvalue weighted by Crippen LogP contribution is -2.14. The van der Waals surface area contributed by atoms with Crippen molar-refractivity contribution in [3.8, 4) is 0 Å². The zero-order chi connectivity index (χ0) is 15.8. The van der Waals surface area contributed by atoms with Crippen LogP contribution in [0.2, 0.25) is 20.4 Å². The minimum absolute atomic E-state index is 0.0383. The second-order valence-corrected chi connectivity index (χ2v) is 7.35. The lowest BCUT2D eigenvalue weighted by Gasteiger charge is -2.12. The Bertz CT molecular complexity index is 786. The SMILES string of the molecule is Cc1cc(Cl)nc(Cl)c1NS(=O)(=O)c1ccc(Cl)c(Cl)c1. The first-order valence-corrected chi connectivity index (χ1v) is 8.51. The maximum atomic E-state index is 12.3. The van der Waals surface area contributed by atoms with Gasteiger partial charge in [-0.2, -0.15) is 0 Å². The van der Waals surface area contributed by atoms with Crippen LogP contribution in [0, 0.1) is 6.92 Å². The van der Waals surface area contributed by atoms with Gasteiger partial charge in [0.25, 0.3) is 10.0 Å². The van der Waals surface area contributed by atoms with Gasteiger partial charge in [0, 0.05) is 0 Å². The third-order valence-electron chi connectivity index (χ3n) is 2.58. The van der Waals surface area contributed by atoms with Gasteiger partial charge in [0.1, 0.15) is 5.15 Å². The molecule has 0 aliphatic carbocycles. The number of halogens is 4. The van der Waals surface area contributed by atoms with E-state index in [4.69, 9.17) is 46.4 Å². The number of nitrogens with zero attached hydrogens (tertiary/aromatic N) is 1. The minimum Gasteiger partial charge on any atom is -0.276 e. The highest BCUT2D eigenvalue weighted by Gasteiger charge is 2.19. The van der Waals surface area contributed by atoms with Crippen molar-refractivity contribution in [1.82, 2.24) is 4.98 Å². The molecule has 0 saturated carbocycles. The molecule has 0 radical (unpaired) electrons. The summed E-state index contributed by atoms with van der Waals surface area (Å²) in [5.41, 5.74) is 0.704. The molecule has 1 aromatic heterocycles. The summed E-state index contributed by atoms with van der Waals surface area (Å²) in [4.78, 5) is 3.76. The zero-order valence-electron chi connectivity index (χ0n) is 10.5. The highest BCUT2D eigenvalue weighted by molar-refractivity contribution is 7.92. The van der Waals surface area contributed by atoms with Gasteiger partial charge in [-0.3, -0.25) is 4.72 Å². The lowest BCUT2D eigenvalue weighted by molar-refractivity contribution is 0.601. The maximum absolute atomic E-state index is 12.3. The molecule has 0 bridgehead atoms. The number of aromatic nitrogens is 1. The summed E-state index contributed by atoms with van der Waals surface area (Å²) in [6.45, 7) is 1.66. The average Bonchev–Trinajstić information content (AvgIpc) is 2.37. The summed E-state index contributed by atoms with van der Waals surface area (Å²) in [5, 5.41) is 0.535. The van der Waals surface area contributed by atoms with Crippen LogP contribution in [-0.4, -0.2) is 13.4 Å². The smallest absolute Gasteiger partial charge is 0.262 e. The number of benzene rings is 1. The van der Waals surface area contributed by atoms with Gasteiger partial charge >= 0.3 is 0 Å². The van der Waals surface area contributed by atoms with E-state index in [0.29, 0.717) is 5.56 Å². The zero-order valence-corrected chi connectivity index (χ0v) is 14.3. The number of hydrogen-bond acceptors (Lipinski definition) is 3. The molecule has 0 atom stereocenters. The van der Waals surface area contributed by atoms with E-state index < -0.39 is 10.0 Å². The molecule has 0 unspecified atom stereocenters. The lowest BCUT2D eigenvalue weighted by atomic mass is 10.3. The third-order valence-corrected chi connectivity index (χ3v) is 5.13.